The summed E-state index contributed by atoms with van der Waals surface area (Å²) in [7, 11) is 0. The summed E-state index contributed by atoms with van der Waals surface area (Å²) in [5.41, 5.74) is 7.81. The van der Waals surface area contributed by atoms with Gasteiger partial charge in [-0.15, -0.1) is 0 Å². The number of aryl methyl sites for hydroxylation is 1. The zero-order chi connectivity index (χ0) is 14.1. The molecule has 0 amide bonds. The molecule has 0 heterocycles. The smallest absolute Gasteiger partial charge is 0.0539 e. The Labute approximate surface area is 141 Å². The van der Waals surface area contributed by atoms with Crippen LogP contribution in [-0.4, -0.2) is 4.32 Å². The molecule has 2 aromatic rings. The minimum atomic E-state index is 0.314. The predicted molar refractivity (Wildman–Crippen MR) is 84.0 cm³/mol. The molecule has 0 saturated heterocycles. The predicted octanol–water partition coefficient (Wildman–Crippen LogP) is 2.60. The third-order valence-corrected chi connectivity index (χ3v) is 4.24. The molecule has 0 aliphatic carbocycles. The van der Waals surface area contributed by atoms with Crippen LogP contribution in [0, 0.1) is 6.92 Å². The second-order valence-corrected chi connectivity index (χ2v) is 8.14. The third kappa shape index (κ3) is 8.13. The Hall–Kier alpha value is -0.715. The van der Waals surface area contributed by atoms with Gasteiger partial charge < -0.3 is 35.7 Å². The Kier molecular flexibility index (Phi) is 7.94. The standard InChI is InChI=1S/C7H8N2S2.C7H7.Hg/c10-7(11)9-8-6-4-2-1-3-5-6;1-7-5-3-2-4-6-7;/h1-5,8H,(H2,9,10,11);3-6H,1H3;/q;;+1/p-1. The average Bonchev–Trinajstić information content (AvgIpc) is 2.42. The quantitative estimate of drug-likeness (QED) is 0.302. The summed E-state index contributed by atoms with van der Waals surface area (Å²) in [4.78, 5) is 0. The number of nitrogens with one attached hydrogen (secondary N) is 2. The second kappa shape index (κ2) is 9.23. The van der Waals surface area contributed by atoms with Crippen LogP contribution < -0.4 is 13.9 Å². The van der Waals surface area contributed by atoms with Gasteiger partial charge in [0.25, 0.3) is 0 Å². The number of benzene rings is 2. The first-order valence-electron chi connectivity index (χ1n) is 5.74. The van der Waals surface area contributed by atoms with Crippen molar-refractivity contribution in [3.05, 3.63) is 60.2 Å². The summed E-state index contributed by atoms with van der Waals surface area (Å²) in [6, 6.07) is 18.4. The maximum absolute atomic E-state index is 4.64. The van der Waals surface area contributed by atoms with Gasteiger partial charge in [0.15, 0.2) is 0 Å². The van der Waals surface area contributed by atoms with Gasteiger partial charge >= 0.3 is 65.9 Å². The van der Waals surface area contributed by atoms with Crippen LogP contribution >= 0.6 is 12.2 Å². The summed E-state index contributed by atoms with van der Waals surface area (Å²) in [5.74, 6) is 0. The number of anilines is 1. The molecule has 5 heteroatoms. The van der Waals surface area contributed by atoms with E-state index in [1.54, 1.807) is 0 Å². The van der Waals surface area contributed by atoms with Crippen molar-refractivity contribution in [1.29, 1.82) is 0 Å². The molecule has 2 N–H and O–H groups in total. The van der Waals surface area contributed by atoms with Crippen LogP contribution in [0.2, 0.25) is 0 Å². The monoisotopic (exact) mass is 476 g/mol. The van der Waals surface area contributed by atoms with E-state index in [9.17, 15) is 0 Å². The molecule has 0 radical (unpaired) electrons. The van der Waals surface area contributed by atoms with E-state index in [2.05, 4.69) is 66.9 Å². The summed E-state index contributed by atoms with van der Waals surface area (Å²) in [6.07, 6.45) is 0. The van der Waals surface area contributed by atoms with Gasteiger partial charge in [-0.1, -0.05) is 18.2 Å². The van der Waals surface area contributed by atoms with Crippen molar-refractivity contribution in [2.45, 2.75) is 6.92 Å². The Morgan fingerprint density at radius 3 is 2.11 bits per heavy atom. The van der Waals surface area contributed by atoms with Crippen molar-refractivity contribution in [1.82, 2.24) is 5.43 Å². The van der Waals surface area contributed by atoms with E-state index in [0.29, 0.717) is 4.32 Å². The molecular weight excluding hydrogens is 461 g/mol. The molecule has 0 bridgehead atoms. The molecule has 0 saturated carbocycles. The molecule has 0 aromatic heterocycles. The molecule has 0 aliphatic heterocycles. The molecule has 0 fully saturated rings. The molecule has 2 nitrogen and oxygen atoms in total. The van der Waals surface area contributed by atoms with Crippen LogP contribution in [0.25, 0.3) is 0 Å². The number of hydrogen-bond acceptors (Lipinski definition) is 3. The van der Waals surface area contributed by atoms with Crippen molar-refractivity contribution >= 4 is 37.9 Å². The fraction of sp³-hybridized carbons (Fsp3) is 0.0714. The SMILES string of the molecule is Cc1cc[c]([Hg+])cc1.S=C([S-])NNc1ccccc1. The van der Waals surface area contributed by atoms with E-state index >= 15 is 0 Å². The summed E-state index contributed by atoms with van der Waals surface area (Å²) in [6.45, 7) is 2.12. The van der Waals surface area contributed by atoms with Crippen LogP contribution in [0.3, 0.4) is 0 Å². The van der Waals surface area contributed by atoms with Crippen molar-refractivity contribution in [3.8, 4) is 0 Å². The van der Waals surface area contributed by atoms with Gasteiger partial charge in [0.05, 0.1) is 5.69 Å². The molecule has 0 spiro atoms. The van der Waals surface area contributed by atoms with Crippen molar-refractivity contribution in [3.63, 3.8) is 0 Å². The van der Waals surface area contributed by atoms with Crippen molar-refractivity contribution < 1.29 is 26.1 Å². The number of hydrazine groups is 1. The molecule has 0 aliphatic rings. The first kappa shape index (κ1) is 16.3. The first-order chi connectivity index (χ1) is 9.08. The Morgan fingerprint density at radius 1 is 1.05 bits per heavy atom. The maximum atomic E-state index is 4.64. The van der Waals surface area contributed by atoms with Crippen LogP contribution in [0.1, 0.15) is 5.56 Å². The van der Waals surface area contributed by atoms with E-state index in [1.165, 1.54) is 8.64 Å². The van der Waals surface area contributed by atoms with Gasteiger partial charge in [-0.25, -0.2) is 0 Å². The summed E-state index contributed by atoms with van der Waals surface area (Å²) < 4.78 is 1.84. The average molecular weight is 475 g/mol. The van der Waals surface area contributed by atoms with E-state index in [1.807, 2.05) is 30.3 Å². The van der Waals surface area contributed by atoms with Crippen LogP contribution in [0.5, 0.6) is 0 Å². The molecule has 2 aromatic carbocycles. The number of hydrogen-bond donors (Lipinski definition) is 2. The molecule has 19 heavy (non-hydrogen) atoms. The molecule has 0 unspecified atom stereocenters. The van der Waals surface area contributed by atoms with E-state index in [-0.39, 0.29) is 0 Å². The van der Waals surface area contributed by atoms with E-state index in [0.717, 1.165) is 31.8 Å². The van der Waals surface area contributed by atoms with Crippen LogP contribution in [0.15, 0.2) is 54.6 Å². The van der Waals surface area contributed by atoms with Gasteiger partial charge in [0, 0.05) is 0 Å². The van der Waals surface area contributed by atoms with Crippen LogP contribution in [0.4, 0.5) is 5.69 Å². The van der Waals surface area contributed by atoms with Gasteiger partial charge in [0.2, 0.25) is 0 Å². The minimum absolute atomic E-state index is 0.314. The zero-order valence-corrected chi connectivity index (χ0v) is 17.9. The molecular formula is C14H14HgN2S2. The minimum Gasteiger partial charge on any atom is -0.410 e. The fourth-order valence-corrected chi connectivity index (χ4v) is 2.25. The van der Waals surface area contributed by atoms with Crippen LogP contribution in [-0.2, 0) is 38.8 Å². The fourth-order valence-electron chi connectivity index (χ4n) is 1.23. The molecule has 0 atom stereocenters. The summed E-state index contributed by atoms with van der Waals surface area (Å²) >= 11 is 10.1. The zero-order valence-electron chi connectivity index (χ0n) is 10.7. The maximum Gasteiger partial charge on any atom is 0.0539 e. The second-order valence-electron chi connectivity index (χ2n) is 3.89. The molecule has 94 valence electrons. The molecule has 2 rings (SSSR count). The first-order valence-corrected chi connectivity index (χ1v) is 9.31. The Balaban J connectivity index is 0.000000200. The Bertz CT molecular complexity index is 480. The van der Waals surface area contributed by atoms with Gasteiger partial charge in [-0.3, -0.25) is 0 Å². The summed E-state index contributed by atoms with van der Waals surface area (Å²) in [5, 5.41) is 0. The van der Waals surface area contributed by atoms with Crippen molar-refractivity contribution in [2.75, 3.05) is 5.43 Å². The normalized spacial score (nSPS) is 9.00. The third-order valence-electron chi connectivity index (χ3n) is 2.20. The number of para-hydroxylation sites is 1. The van der Waals surface area contributed by atoms with Gasteiger partial charge in [0.1, 0.15) is 0 Å². The van der Waals surface area contributed by atoms with Gasteiger partial charge in [-0.05, 0) is 16.5 Å². The number of rotatable bonds is 2. The van der Waals surface area contributed by atoms with E-state index in [4.69, 9.17) is 0 Å². The van der Waals surface area contributed by atoms with Crippen molar-refractivity contribution in [2.24, 2.45) is 0 Å². The largest absolute Gasteiger partial charge is 0.410 e. The number of thiocarbonyl (C=S) groups is 1. The topological polar surface area (TPSA) is 24.1 Å². The Morgan fingerprint density at radius 2 is 1.63 bits per heavy atom. The van der Waals surface area contributed by atoms with Gasteiger partial charge in [-0.2, -0.15) is 0 Å². The van der Waals surface area contributed by atoms with E-state index < -0.39 is 0 Å².